The number of carboxylic acids is 1. The Balaban J connectivity index is 0.000000255. The van der Waals surface area contributed by atoms with Crippen LogP contribution in [0, 0.1) is 12.8 Å². The van der Waals surface area contributed by atoms with E-state index in [-0.39, 0.29) is 30.2 Å². The van der Waals surface area contributed by atoms with Gasteiger partial charge in [-0.25, -0.2) is 9.79 Å². The van der Waals surface area contributed by atoms with Gasteiger partial charge < -0.3 is 65.8 Å². The van der Waals surface area contributed by atoms with Crippen LogP contribution in [0.2, 0.25) is 0 Å². The van der Waals surface area contributed by atoms with E-state index in [1.807, 2.05) is 32.0 Å². The predicted octanol–water partition coefficient (Wildman–Crippen LogP) is 3.34. The summed E-state index contributed by atoms with van der Waals surface area (Å²) in [5, 5.41) is 45.8. The predicted molar refractivity (Wildman–Crippen MR) is 219 cm³/mol. The highest BCUT2D eigenvalue weighted by atomic mass is 32.1. The van der Waals surface area contributed by atoms with Gasteiger partial charge in [0.15, 0.2) is 16.5 Å². The van der Waals surface area contributed by atoms with Gasteiger partial charge in [0.05, 0.1) is 31.4 Å². The Morgan fingerprint density at radius 2 is 1.79 bits per heavy atom. The van der Waals surface area contributed by atoms with Crippen molar-refractivity contribution in [2.24, 2.45) is 22.4 Å². The number of rotatable bonds is 14. The summed E-state index contributed by atoms with van der Waals surface area (Å²) >= 11 is 5.11. The smallest absolute Gasteiger partial charge is 0.392 e. The van der Waals surface area contributed by atoms with Crippen molar-refractivity contribution in [1.29, 1.82) is 0 Å². The lowest BCUT2D eigenvalue weighted by atomic mass is 9.89. The number of aliphatic hydroxyl groups excluding tert-OH is 3. The number of benzene rings is 3. The molecule has 0 saturated carbocycles. The minimum Gasteiger partial charge on any atom is -0.479 e. The van der Waals surface area contributed by atoms with Crippen LogP contribution in [0.4, 0.5) is 5.69 Å². The molecule has 57 heavy (non-hydrogen) atoms. The standard InChI is InChI=1S/C23H18N2O4S.C15H30N3O8P/c1-12-3-6-16-19(9-12)29-20-11-14(26)5-8-17(20)21(16)15-7-4-13(25-23(30)24-2)10-18(15)22(27)28;1-3-4-24-5-6-25-27(22,23)12-7-10(18-15(16)17)9(2)14(26-12)13(21)11(20)8-19/h3-11H,1-2H3,(H,27,28)(H2,24,25,30);7,9-11,13-14,19-21H,3-6,8H2,1-2H3,(H,22,23)(H4,16,17,18)/t;9-,10+,11-,13-,14-/m.1/s1. The van der Waals surface area contributed by atoms with Gasteiger partial charge in [-0.1, -0.05) is 32.0 Å². The molecule has 0 saturated heterocycles. The van der Waals surface area contributed by atoms with Gasteiger partial charge >= 0.3 is 13.6 Å². The molecule has 0 radical (unpaired) electrons. The van der Waals surface area contributed by atoms with Gasteiger partial charge in [-0.2, -0.15) is 0 Å². The van der Waals surface area contributed by atoms with Crippen LogP contribution in [-0.2, 0) is 18.6 Å². The summed E-state index contributed by atoms with van der Waals surface area (Å²) in [6.07, 6.45) is -2.17. The van der Waals surface area contributed by atoms with Crippen molar-refractivity contribution in [2.75, 3.05) is 38.8 Å². The van der Waals surface area contributed by atoms with Crippen LogP contribution in [0.5, 0.6) is 0 Å². The first-order valence-corrected chi connectivity index (χ1v) is 19.8. The molecule has 2 heterocycles. The van der Waals surface area contributed by atoms with E-state index in [0.29, 0.717) is 45.4 Å². The van der Waals surface area contributed by atoms with Gasteiger partial charge in [-0.05, 0) is 73.1 Å². The number of carbonyl (C=O) groups is 1. The van der Waals surface area contributed by atoms with E-state index in [9.17, 15) is 34.4 Å². The summed E-state index contributed by atoms with van der Waals surface area (Å²) in [6.45, 7) is 5.24. The molecule has 2 aliphatic heterocycles. The van der Waals surface area contributed by atoms with Crippen LogP contribution in [0.1, 0.15) is 36.2 Å². The highest BCUT2D eigenvalue weighted by molar-refractivity contribution is 7.80. The summed E-state index contributed by atoms with van der Waals surface area (Å²) in [6, 6.07) is 14.5. The minimum absolute atomic E-state index is 0.111. The molecular formula is C38H48N5O12PS. The summed E-state index contributed by atoms with van der Waals surface area (Å²) < 4.78 is 34.1. The highest BCUT2D eigenvalue weighted by Gasteiger charge is 2.44. The van der Waals surface area contributed by atoms with Crippen LogP contribution in [0.15, 0.2) is 80.4 Å². The number of hydrogen-bond donors (Lipinski definition) is 9. The van der Waals surface area contributed by atoms with Gasteiger partial charge in [-0.3, -0.25) is 9.36 Å². The summed E-state index contributed by atoms with van der Waals surface area (Å²) in [5.41, 5.74) is 14.3. The van der Waals surface area contributed by atoms with E-state index in [4.69, 9.17) is 47.2 Å². The van der Waals surface area contributed by atoms with Crippen molar-refractivity contribution in [3.05, 3.63) is 87.5 Å². The number of aliphatic hydroxyl groups is 3. The molecule has 0 spiro atoms. The normalized spacial score (nSPS) is 18.5. The molecule has 17 nitrogen and oxygen atoms in total. The van der Waals surface area contributed by atoms with E-state index < -0.39 is 55.9 Å². The van der Waals surface area contributed by atoms with Crippen LogP contribution < -0.4 is 27.5 Å². The fourth-order valence-electron chi connectivity index (χ4n) is 5.98. The van der Waals surface area contributed by atoms with Crippen LogP contribution in [0.3, 0.4) is 0 Å². The van der Waals surface area contributed by atoms with Gasteiger partial charge in [0.25, 0.3) is 0 Å². The van der Waals surface area contributed by atoms with Gasteiger partial charge in [0.2, 0.25) is 5.50 Å². The quantitative estimate of drug-likeness (QED) is 0.0220. The molecule has 19 heteroatoms. The fraction of sp³-hybridized carbons (Fsp3) is 0.368. The zero-order valence-electron chi connectivity index (χ0n) is 31.7. The minimum atomic E-state index is -4.39. The zero-order chi connectivity index (χ0) is 42.0. The van der Waals surface area contributed by atoms with Gasteiger partial charge in [0.1, 0.15) is 29.7 Å². The van der Waals surface area contributed by atoms with Crippen molar-refractivity contribution >= 4 is 53.5 Å². The lowest BCUT2D eigenvalue weighted by Crippen LogP contribution is -2.49. The number of nitrogens with two attached hydrogens (primary N) is 2. The first-order chi connectivity index (χ1) is 27.0. The van der Waals surface area contributed by atoms with Crippen molar-refractivity contribution < 1.29 is 53.1 Å². The maximum absolute atomic E-state index is 12.5. The van der Waals surface area contributed by atoms with Crippen LogP contribution in [-0.4, -0.2) is 100 Å². The molecule has 2 aromatic rings. The average Bonchev–Trinajstić information content (AvgIpc) is 3.16. The topological polar surface area (TPSA) is 282 Å². The summed E-state index contributed by atoms with van der Waals surface area (Å²) in [4.78, 5) is 38.2. The first-order valence-electron chi connectivity index (χ1n) is 17.8. The Kier molecular flexibility index (Phi) is 15.7. The lowest BCUT2D eigenvalue weighted by Gasteiger charge is -2.38. The Morgan fingerprint density at radius 1 is 1.07 bits per heavy atom. The van der Waals surface area contributed by atoms with E-state index >= 15 is 0 Å². The maximum atomic E-state index is 12.5. The van der Waals surface area contributed by atoms with Crippen LogP contribution >= 0.6 is 19.8 Å². The van der Waals surface area contributed by atoms with Crippen molar-refractivity contribution in [1.82, 2.24) is 5.32 Å². The number of hydrogen-bond acceptors (Lipinski definition) is 12. The Hall–Kier alpha value is -4.91. The van der Waals surface area contributed by atoms with Crippen molar-refractivity contribution in [3.8, 4) is 22.5 Å². The zero-order valence-corrected chi connectivity index (χ0v) is 33.5. The molecule has 0 aromatic heterocycles. The van der Waals surface area contributed by atoms with Crippen molar-refractivity contribution in [3.63, 3.8) is 0 Å². The molecule has 5 rings (SSSR count). The molecule has 0 amide bonds. The molecule has 0 bridgehead atoms. The monoisotopic (exact) mass is 829 g/mol. The first kappa shape index (κ1) is 44.8. The number of nitrogens with one attached hydrogen (secondary N) is 2. The third kappa shape index (κ3) is 11.4. The number of aryl methyl sites for hydroxylation is 1. The van der Waals surface area contributed by atoms with E-state index in [1.165, 1.54) is 18.2 Å². The molecule has 3 aliphatic rings. The van der Waals surface area contributed by atoms with E-state index in [0.717, 1.165) is 17.4 Å². The lowest BCUT2D eigenvalue weighted by molar-refractivity contribution is -0.106. The number of aliphatic imine (C=N–C) groups is 1. The Morgan fingerprint density at radius 3 is 2.44 bits per heavy atom. The van der Waals surface area contributed by atoms with Gasteiger partial charge in [0, 0.05) is 47.8 Å². The largest absolute Gasteiger partial charge is 0.479 e. The van der Waals surface area contributed by atoms with Crippen LogP contribution in [0.25, 0.3) is 33.4 Å². The third-order valence-electron chi connectivity index (χ3n) is 8.82. The molecule has 1 aliphatic carbocycles. The second kappa shape index (κ2) is 20.0. The molecule has 2 aromatic carbocycles. The average molecular weight is 830 g/mol. The number of aromatic carboxylic acids is 1. The Bertz CT molecular complexity index is 2190. The number of fused-ring (bicyclic) bond motifs is 2. The van der Waals surface area contributed by atoms with Crippen molar-refractivity contribution in [2.45, 2.75) is 51.5 Å². The molecular weight excluding hydrogens is 781 g/mol. The number of thiocarbonyl (C=S) groups is 1. The number of nitrogens with zero attached hydrogens (tertiary/aromatic N) is 1. The Labute approximate surface area is 333 Å². The molecule has 11 N–H and O–H groups in total. The number of guanidine groups is 1. The van der Waals surface area contributed by atoms with E-state index in [2.05, 4.69) is 15.6 Å². The number of carboxylic acid groups (broad SMARTS) is 1. The SMILES string of the molecule is CCCOCCOP(=O)(O)C1=C[C@H](N=C(N)N)[C@@H](C)[C@H]([C@H](O)[C@H](O)CO)O1.CNC(=S)Nc1ccc(-c2c3ccc(=O)cc-3oc3cc(C)ccc23)c(C(=O)O)c1. The third-order valence-corrected chi connectivity index (χ3v) is 10.5. The molecule has 308 valence electrons. The fourth-order valence-corrected chi connectivity index (χ4v) is 7.15. The van der Waals surface area contributed by atoms with Gasteiger partial charge in [-0.15, -0.1) is 0 Å². The summed E-state index contributed by atoms with van der Waals surface area (Å²) in [7, 11) is -2.71. The molecule has 6 atom stereocenters. The van der Waals surface area contributed by atoms with E-state index in [1.54, 1.807) is 38.2 Å². The molecule has 1 unspecified atom stereocenters. The molecule has 0 fully saturated rings. The second-order valence-electron chi connectivity index (χ2n) is 13.1. The number of ether oxygens (including phenoxy) is 2. The summed E-state index contributed by atoms with van der Waals surface area (Å²) in [5.74, 6) is -1.49. The highest BCUT2D eigenvalue weighted by Crippen LogP contribution is 2.54. The maximum Gasteiger partial charge on any atom is 0.392 e. The number of anilines is 1. The second-order valence-corrected chi connectivity index (χ2v) is 15.2.